The van der Waals surface area contributed by atoms with E-state index in [4.69, 9.17) is 0 Å². The van der Waals surface area contributed by atoms with Gasteiger partial charge in [-0.15, -0.1) is 0 Å². The third-order valence-corrected chi connectivity index (χ3v) is 3.46. The average molecular weight is 224 g/mol. The molecule has 0 heterocycles. The van der Waals surface area contributed by atoms with Gasteiger partial charge in [0.05, 0.1) is 11.6 Å². The summed E-state index contributed by atoms with van der Waals surface area (Å²) in [5, 5.41) is 9.14. The van der Waals surface area contributed by atoms with Gasteiger partial charge >= 0.3 is 0 Å². The molecule has 0 bridgehead atoms. The quantitative estimate of drug-likeness (QED) is 0.441. The Hall–Kier alpha value is -0.400. The van der Waals surface area contributed by atoms with E-state index in [1.807, 2.05) is 0 Å². The lowest BCUT2D eigenvalue weighted by Crippen LogP contribution is -2.17. The normalized spacial score (nSPS) is 19.4. The van der Waals surface area contributed by atoms with Gasteiger partial charge < -0.3 is 0 Å². The summed E-state index contributed by atoms with van der Waals surface area (Å²) in [4.78, 5) is 0. The van der Waals surface area contributed by atoms with Crippen molar-refractivity contribution in [2.24, 2.45) is 10.2 Å². The van der Waals surface area contributed by atoms with Crippen LogP contribution in [-0.2, 0) is 0 Å². The lowest BCUT2D eigenvalue weighted by Gasteiger charge is -2.21. The molecule has 1 aliphatic rings. The molecule has 0 aromatic rings. The van der Waals surface area contributed by atoms with Crippen LogP contribution in [0.5, 0.6) is 0 Å². The Morgan fingerprint density at radius 1 is 1.06 bits per heavy atom. The molecule has 0 N–H and O–H groups in total. The minimum absolute atomic E-state index is 0.0621. The fourth-order valence-electron chi connectivity index (χ4n) is 2.29. The minimum Gasteiger partial charge on any atom is -0.190 e. The van der Waals surface area contributed by atoms with Gasteiger partial charge in [0, 0.05) is 0 Å². The highest BCUT2D eigenvalue weighted by Gasteiger charge is 2.18. The van der Waals surface area contributed by atoms with Crippen LogP contribution in [0.3, 0.4) is 0 Å². The number of nitrogens with zero attached hydrogens (tertiary/aromatic N) is 2. The van der Waals surface area contributed by atoms with Gasteiger partial charge in [-0.25, -0.2) is 0 Å². The van der Waals surface area contributed by atoms with E-state index in [0.717, 1.165) is 0 Å². The van der Waals surface area contributed by atoms with Crippen molar-refractivity contribution in [1.82, 2.24) is 0 Å². The van der Waals surface area contributed by atoms with E-state index in [0.29, 0.717) is 6.04 Å². The van der Waals surface area contributed by atoms with Crippen LogP contribution in [0.25, 0.3) is 0 Å². The predicted molar refractivity (Wildman–Crippen MR) is 70.0 cm³/mol. The van der Waals surface area contributed by atoms with E-state index in [2.05, 4.69) is 31.0 Å². The van der Waals surface area contributed by atoms with E-state index in [-0.39, 0.29) is 5.54 Å². The molecule has 1 fully saturated rings. The first kappa shape index (κ1) is 13.7. The summed E-state index contributed by atoms with van der Waals surface area (Å²) in [5.41, 5.74) is 0.0621. The Morgan fingerprint density at radius 3 is 2.38 bits per heavy atom. The van der Waals surface area contributed by atoms with E-state index in [1.54, 1.807) is 0 Å². The van der Waals surface area contributed by atoms with Crippen molar-refractivity contribution in [2.75, 3.05) is 0 Å². The minimum atomic E-state index is 0.0621. The first-order chi connectivity index (χ1) is 7.64. The van der Waals surface area contributed by atoms with Crippen molar-refractivity contribution in [3.8, 4) is 0 Å². The summed E-state index contributed by atoms with van der Waals surface area (Å²) < 4.78 is 0. The number of unbranched alkanes of at least 4 members (excludes halogenated alkanes) is 2. The lowest BCUT2D eigenvalue weighted by atomic mass is 9.96. The summed E-state index contributed by atoms with van der Waals surface area (Å²) >= 11 is 0. The zero-order valence-electron chi connectivity index (χ0n) is 11.3. The fourth-order valence-corrected chi connectivity index (χ4v) is 2.29. The predicted octanol–water partition coefficient (Wildman–Crippen LogP) is 5.13. The van der Waals surface area contributed by atoms with Gasteiger partial charge in [0.25, 0.3) is 0 Å². The Labute approximate surface area is 101 Å². The van der Waals surface area contributed by atoms with Crippen molar-refractivity contribution < 1.29 is 0 Å². The van der Waals surface area contributed by atoms with E-state index in [1.165, 1.54) is 57.8 Å². The first-order valence-electron chi connectivity index (χ1n) is 7.06. The zero-order valence-corrected chi connectivity index (χ0v) is 11.3. The number of azo groups is 1. The molecule has 0 unspecified atom stereocenters. The molecule has 0 radical (unpaired) electrons. The topological polar surface area (TPSA) is 24.7 Å². The molecule has 0 saturated heterocycles. The second-order valence-corrected chi connectivity index (χ2v) is 5.78. The first-order valence-corrected chi connectivity index (χ1v) is 7.06. The van der Waals surface area contributed by atoms with Crippen LogP contribution in [0.4, 0.5) is 0 Å². The monoisotopic (exact) mass is 224 g/mol. The summed E-state index contributed by atoms with van der Waals surface area (Å²) in [7, 11) is 0. The highest BCUT2D eigenvalue weighted by Crippen LogP contribution is 2.24. The second kappa shape index (κ2) is 7.03. The Kier molecular flexibility index (Phi) is 6.00. The zero-order chi connectivity index (χ0) is 11.9. The van der Waals surface area contributed by atoms with Crippen molar-refractivity contribution in [3.63, 3.8) is 0 Å². The summed E-state index contributed by atoms with van der Waals surface area (Å²) in [6.07, 6.45) is 11.7. The van der Waals surface area contributed by atoms with Crippen molar-refractivity contribution >= 4 is 0 Å². The molecule has 16 heavy (non-hydrogen) atoms. The standard InChI is InChI=1S/C14H28N2/c1-4-5-9-12-14(2,3)16-15-13-10-7-6-8-11-13/h13H,4-12H2,1-3H3. The molecule has 1 saturated carbocycles. The van der Waals surface area contributed by atoms with Crippen molar-refractivity contribution in [2.45, 2.75) is 90.1 Å². The Balaban J connectivity index is 2.28. The number of hydrogen-bond acceptors (Lipinski definition) is 2. The molecule has 1 aliphatic carbocycles. The lowest BCUT2D eigenvalue weighted by molar-refractivity contribution is 0.381. The highest BCUT2D eigenvalue weighted by atomic mass is 15.2. The van der Waals surface area contributed by atoms with Crippen LogP contribution in [0.2, 0.25) is 0 Å². The van der Waals surface area contributed by atoms with Gasteiger partial charge in [-0.05, 0) is 33.1 Å². The van der Waals surface area contributed by atoms with Gasteiger partial charge in [0.2, 0.25) is 0 Å². The van der Waals surface area contributed by atoms with Crippen LogP contribution in [0.1, 0.15) is 78.6 Å². The second-order valence-electron chi connectivity index (χ2n) is 5.78. The molecule has 0 aromatic carbocycles. The van der Waals surface area contributed by atoms with Crippen LogP contribution < -0.4 is 0 Å². The SMILES string of the molecule is CCCCCC(C)(C)N=NC1CCCCC1. The molecular formula is C14H28N2. The van der Waals surface area contributed by atoms with Gasteiger partial charge in [-0.1, -0.05) is 45.4 Å². The molecule has 0 aliphatic heterocycles. The van der Waals surface area contributed by atoms with Crippen LogP contribution >= 0.6 is 0 Å². The molecule has 0 amide bonds. The van der Waals surface area contributed by atoms with E-state index < -0.39 is 0 Å². The third-order valence-electron chi connectivity index (χ3n) is 3.46. The molecule has 0 atom stereocenters. The molecule has 2 nitrogen and oxygen atoms in total. The van der Waals surface area contributed by atoms with Gasteiger partial charge in [0.15, 0.2) is 0 Å². The summed E-state index contributed by atoms with van der Waals surface area (Å²) in [6.45, 7) is 6.68. The van der Waals surface area contributed by atoms with Crippen LogP contribution in [0.15, 0.2) is 10.2 Å². The van der Waals surface area contributed by atoms with E-state index >= 15 is 0 Å². The van der Waals surface area contributed by atoms with Gasteiger partial charge in [0.1, 0.15) is 0 Å². The maximum atomic E-state index is 4.58. The van der Waals surface area contributed by atoms with Crippen LogP contribution in [0, 0.1) is 0 Å². The molecular weight excluding hydrogens is 196 g/mol. The van der Waals surface area contributed by atoms with E-state index in [9.17, 15) is 0 Å². The summed E-state index contributed by atoms with van der Waals surface area (Å²) in [5.74, 6) is 0. The average Bonchev–Trinajstić information content (AvgIpc) is 2.28. The van der Waals surface area contributed by atoms with Gasteiger partial charge in [-0.2, -0.15) is 10.2 Å². The molecule has 1 rings (SSSR count). The summed E-state index contributed by atoms with van der Waals surface area (Å²) in [6, 6.07) is 0.527. The van der Waals surface area contributed by atoms with Gasteiger partial charge in [-0.3, -0.25) is 0 Å². The van der Waals surface area contributed by atoms with Crippen LogP contribution in [-0.4, -0.2) is 11.6 Å². The molecule has 0 spiro atoms. The van der Waals surface area contributed by atoms with Crippen molar-refractivity contribution in [1.29, 1.82) is 0 Å². The highest BCUT2D eigenvalue weighted by molar-refractivity contribution is 4.77. The smallest absolute Gasteiger partial charge is 0.0760 e. The number of hydrogen-bond donors (Lipinski definition) is 0. The van der Waals surface area contributed by atoms with Crippen molar-refractivity contribution in [3.05, 3.63) is 0 Å². The fraction of sp³-hybridized carbons (Fsp3) is 1.00. The maximum absolute atomic E-state index is 4.58. The third kappa shape index (κ3) is 5.62. The molecule has 2 heteroatoms. The maximum Gasteiger partial charge on any atom is 0.0760 e. The Bertz CT molecular complexity index is 203. The largest absolute Gasteiger partial charge is 0.190 e. The molecule has 0 aromatic heterocycles. The number of rotatable bonds is 6. The Morgan fingerprint density at radius 2 is 1.75 bits per heavy atom. The molecule has 94 valence electrons.